The van der Waals surface area contributed by atoms with Crippen LogP contribution >= 0.6 is 0 Å². The zero-order chi connectivity index (χ0) is 14.6. The molecular formula is C14H10N4O2S. The van der Waals surface area contributed by atoms with Gasteiger partial charge in [-0.2, -0.15) is 13.5 Å². The summed E-state index contributed by atoms with van der Waals surface area (Å²) in [6.45, 7) is 0. The predicted octanol–water partition coefficient (Wildman–Crippen LogP) is 1.62. The number of aromatic nitrogens is 2. The molecule has 0 bridgehead atoms. The average molecular weight is 298 g/mol. The van der Waals surface area contributed by atoms with Crippen LogP contribution in [0.15, 0.2) is 58.0 Å². The van der Waals surface area contributed by atoms with Gasteiger partial charge in [-0.25, -0.2) is 4.68 Å². The fraction of sp³-hybridized carbons (Fsp3) is 0. The highest BCUT2D eigenvalue weighted by molar-refractivity contribution is 7.90. The van der Waals surface area contributed by atoms with Crippen molar-refractivity contribution in [1.29, 1.82) is 0 Å². The molecule has 1 aromatic heterocycles. The molecule has 1 aliphatic rings. The van der Waals surface area contributed by atoms with Gasteiger partial charge < -0.3 is 5.73 Å². The van der Waals surface area contributed by atoms with Gasteiger partial charge in [0, 0.05) is 16.6 Å². The van der Waals surface area contributed by atoms with Gasteiger partial charge >= 0.3 is 0 Å². The minimum atomic E-state index is -3.66. The third kappa shape index (κ3) is 1.67. The molecule has 2 aromatic carbocycles. The standard InChI is InChI=1S/C14H10N4O2S/c15-10-6-5-9-8-16-18(12(9)7-10)14-11-3-1-2-4-13(11)21(19,20)17-14/h1-8H,15H2. The topological polar surface area (TPSA) is 90.3 Å². The molecule has 3 aromatic rings. The molecule has 0 aliphatic carbocycles. The summed E-state index contributed by atoms with van der Waals surface area (Å²) in [6, 6.07) is 12.1. The molecule has 0 saturated carbocycles. The summed E-state index contributed by atoms with van der Waals surface area (Å²) >= 11 is 0. The summed E-state index contributed by atoms with van der Waals surface area (Å²) in [5.74, 6) is 0.297. The van der Waals surface area contributed by atoms with Crippen LogP contribution < -0.4 is 5.73 Å². The van der Waals surface area contributed by atoms with Crippen molar-refractivity contribution in [1.82, 2.24) is 9.78 Å². The second-order valence-electron chi connectivity index (χ2n) is 4.76. The van der Waals surface area contributed by atoms with Crippen LogP contribution in [-0.2, 0) is 10.0 Å². The first-order valence-corrected chi connectivity index (χ1v) is 7.68. The van der Waals surface area contributed by atoms with Crippen LogP contribution in [0.3, 0.4) is 0 Å². The van der Waals surface area contributed by atoms with Crippen LogP contribution in [0, 0.1) is 0 Å². The van der Waals surface area contributed by atoms with Crippen LogP contribution in [0.1, 0.15) is 5.56 Å². The van der Waals surface area contributed by atoms with Crippen LogP contribution in [-0.4, -0.2) is 24.0 Å². The maximum atomic E-state index is 12.1. The Morgan fingerprint density at radius 2 is 1.90 bits per heavy atom. The number of fused-ring (bicyclic) bond motifs is 2. The highest BCUT2D eigenvalue weighted by atomic mass is 32.2. The Morgan fingerprint density at radius 3 is 2.76 bits per heavy atom. The molecule has 4 rings (SSSR count). The van der Waals surface area contributed by atoms with Crippen molar-refractivity contribution in [3.63, 3.8) is 0 Å². The zero-order valence-corrected chi connectivity index (χ0v) is 11.6. The molecule has 7 heteroatoms. The SMILES string of the molecule is Nc1ccc2cnn(C3=NS(=O)(=O)c4ccccc43)c2c1. The van der Waals surface area contributed by atoms with Gasteiger partial charge in [-0.05, 0) is 30.3 Å². The molecule has 0 radical (unpaired) electrons. The van der Waals surface area contributed by atoms with Gasteiger partial charge in [0.2, 0.25) is 0 Å². The first-order chi connectivity index (χ1) is 10.1. The van der Waals surface area contributed by atoms with Crippen molar-refractivity contribution in [2.24, 2.45) is 4.40 Å². The smallest absolute Gasteiger partial charge is 0.285 e. The molecule has 0 unspecified atom stereocenters. The first-order valence-electron chi connectivity index (χ1n) is 6.24. The second-order valence-corrected chi connectivity index (χ2v) is 6.33. The van der Waals surface area contributed by atoms with E-state index in [0.717, 1.165) is 10.9 Å². The van der Waals surface area contributed by atoms with Crippen LogP contribution in [0.2, 0.25) is 0 Å². The third-order valence-electron chi connectivity index (χ3n) is 3.41. The minimum Gasteiger partial charge on any atom is -0.399 e. The lowest BCUT2D eigenvalue weighted by molar-refractivity contribution is 0.599. The first kappa shape index (κ1) is 12.1. The Hall–Kier alpha value is -2.67. The van der Waals surface area contributed by atoms with Crippen LogP contribution in [0.25, 0.3) is 10.9 Å². The highest BCUT2D eigenvalue weighted by Crippen LogP contribution is 2.28. The van der Waals surface area contributed by atoms with Gasteiger partial charge in [-0.1, -0.05) is 12.1 Å². The molecule has 0 amide bonds. The number of hydrogen-bond acceptors (Lipinski definition) is 4. The summed E-state index contributed by atoms with van der Waals surface area (Å²) in [6.07, 6.45) is 1.66. The monoisotopic (exact) mass is 298 g/mol. The van der Waals surface area contributed by atoms with Gasteiger partial charge in [-0.15, -0.1) is 4.40 Å². The number of anilines is 1. The summed E-state index contributed by atoms with van der Waals surface area (Å²) in [5, 5.41) is 5.12. The molecular weight excluding hydrogens is 288 g/mol. The van der Waals surface area contributed by atoms with Gasteiger partial charge in [0.05, 0.1) is 11.7 Å². The Morgan fingerprint density at radius 1 is 1.10 bits per heavy atom. The number of rotatable bonds is 0. The molecule has 21 heavy (non-hydrogen) atoms. The second kappa shape index (κ2) is 3.92. The quantitative estimate of drug-likeness (QED) is 0.638. The van der Waals surface area contributed by atoms with Gasteiger partial charge in [0.1, 0.15) is 4.90 Å². The van der Waals surface area contributed by atoms with E-state index < -0.39 is 10.0 Å². The van der Waals surface area contributed by atoms with Crippen molar-refractivity contribution >= 4 is 32.4 Å². The summed E-state index contributed by atoms with van der Waals surface area (Å²) in [4.78, 5) is 0.201. The Bertz CT molecular complexity index is 1020. The van der Waals surface area contributed by atoms with Crippen molar-refractivity contribution in [2.75, 3.05) is 5.73 Å². The third-order valence-corrected chi connectivity index (χ3v) is 4.73. The average Bonchev–Trinajstić information content (AvgIpc) is 2.98. The van der Waals surface area contributed by atoms with E-state index >= 15 is 0 Å². The number of hydrogen-bond donors (Lipinski definition) is 1. The molecule has 104 valence electrons. The lowest BCUT2D eigenvalue weighted by Gasteiger charge is -2.04. The Balaban J connectivity index is 2.05. The molecule has 0 spiro atoms. The highest BCUT2D eigenvalue weighted by Gasteiger charge is 2.30. The fourth-order valence-corrected chi connectivity index (χ4v) is 3.63. The number of nitrogen functional groups attached to an aromatic ring is 1. The van der Waals surface area contributed by atoms with E-state index in [1.807, 2.05) is 6.07 Å². The van der Waals surface area contributed by atoms with E-state index in [9.17, 15) is 8.42 Å². The minimum absolute atomic E-state index is 0.201. The van der Waals surface area contributed by atoms with Crippen LogP contribution in [0.4, 0.5) is 5.69 Å². The summed E-state index contributed by atoms with van der Waals surface area (Å²) < 4.78 is 29.6. The van der Waals surface area contributed by atoms with E-state index in [0.29, 0.717) is 17.1 Å². The zero-order valence-electron chi connectivity index (χ0n) is 10.8. The van der Waals surface area contributed by atoms with Gasteiger partial charge in [-0.3, -0.25) is 0 Å². The van der Waals surface area contributed by atoms with Crippen molar-refractivity contribution in [3.05, 3.63) is 54.2 Å². The van der Waals surface area contributed by atoms with E-state index in [4.69, 9.17) is 5.73 Å². The number of nitrogens with two attached hydrogens (primary N) is 1. The molecule has 0 saturated heterocycles. The lowest BCUT2D eigenvalue weighted by Crippen LogP contribution is -2.12. The number of sulfonamides is 1. The Kier molecular flexibility index (Phi) is 2.26. The fourth-order valence-electron chi connectivity index (χ4n) is 2.45. The van der Waals surface area contributed by atoms with Crippen molar-refractivity contribution in [3.8, 4) is 0 Å². The van der Waals surface area contributed by atoms with Gasteiger partial charge in [0.15, 0.2) is 5.84 Å². The molecule has 2 heterocycles. The van der Waals surface area contributed by atoms with Crippen LogP contribution in [0.5, 0.6) is 0 Å². The van der Waals surface area contributed by atoms with Gasteiger partial charge in [0.25, 0.3) is 10.0 Å². The van der Waals surface area contributed by atoms with E-state index in [1.165, 1.54) is 4.68 Å². The maximum absolute atomic E-state index is 12.1. The summed E-state index contributed by atoms with van der Waals surface area (Å²) in [5.41, 5.74) is 7.65. The normalized spacial score (nSPS) is 15.9. The lowest BCUT2D eigenvalue weighted by atomic mass is 10.2. The number of nitrogens with zero attached hydrogens (tertiary/aromatic N) is 3. The van der Waals surface area contributed by atoms with E-state index in [-0.39, 0.29) is 4.90 Å². The molecule has 6 nitrogen and oxygen atoms in total. The predicted molar refractivity (Wildman–Crippen MR) is 79.7 cm³/mol. The van der Waals surface area contributed by atoms with E-state index in [1.54, 1.807) is 42.6 Å². The number of benzene rings is 2. The molecule has 2 N–H and O–H groups in total. The largest absolute Gasteiger partial charge is 0.399 e. The summed E-state index contributed by atoms with van der Waals surface area (Å²) in [7, 11) is -3.66. The maximum Gasteiger partial charge on any atom is 0.285 e. The molecule has 0 atom stereocenters. The van der Waals surface area contributed by atoms with E-state index in [2.05, 4.69) is 9.50 Å². The molecule has 1 aliphatic heterocycles. The molecule has 0 fully saturated rings. The van der Waals surface area contributed by atoms with Crippen molar-refractivity contribution < 1.29 is 8.42 Å². The Labute approximate surface area is 120 Å². The van der Waals surface area contributed by atoms with Crippen molar-refractivity contribution in [2.45, 2.75) is 4.90 Å².